The maximum absolute atomic E-state index is 12.4. The van der Waals surface area contributed by atoms with E-state index in [0.29, 0.717) is 6.04 Å². The minimum Gasteiger partial charge on any atom is -0.338 e. The first-order chi connectivity index (χ1) is 8.59. The number of nitrogens with zero attached hydrogens (tertiary/aromatic N) is 2. The van der Waals surface area contributed by atoms with Crippen LogP contribution in [0.2, 0.25) is 0 Å². The molecule has 3 unspecified atom stereocenters. The van der Waals surface area contributed by atoms with E-state index in [-0.39, 0.29) is 42.7 Å². The number of nitrogens with two attached hydrogens (primary N) is 1. The van der Waals surface area contributed by atoms with E-state index >= 15 is 0 Å². The standard InChI is InChI=1S/C14H27N3O.2ClH/c1-11(12(2)15)14(18)17-9-5-6-13(17)10-16-7-3-4-8-16;;/h11-13H,3-10,15H2,1-2H3;2*1H. The fourth-order valence-electron chi connectivity index (χ4n) is 3.07. The highest BCUT2D eigenvalue weighted by atomic mass is 35.5. The Morgan fingerprint density at radius 1 is 1.15 bits per heavy atom. The molecule has 2 N–H and O–H groups in total. The lowest BCUT2D eigenvalue weighted by Crippen LogP contribution is -2.47. The summed E-state index contributed by atoms with van der Waals surface area (Å²) >= 11 is 0. The molecule has 6 heteroatoms. The average molecular weight is 326 g/mol. The third kappa shape index (κ3) is 4.76. The maximum Gasteiger partial charge on any atom is 0.227 e. The van der Waals surface area contributed by atoms with Crippen LogP contribution in [0.5, 0.6) is 0 Å². The van der Waals surface area contributed by atoms with E-state index in [1.807, 2.05) is 13.8 Å². The van der Waals surface area contributed by atoms with Gasteiger partial charge in [-0.2, -0.15) is 0 Å². The largest absolute Gasteiger partial charge is 0.338 e. The smallest absolute Gasteiger partial charge is 0.227 e. The summed E-state index contributed by atoms with van der Waals surface area (Å²) in [4.78, 5) is 17.0. The summed E-state index contributed by atoms with van der Waals surface area (Å²) in [6.07, 6.45) is 4.94. The van der Waals surface area contributed by atoms with Gasteiger partial charge in [-0.3, -0.25) is 4.79 Å². The molecule has 2 rings (SSSR count). The van der Waals surface area contributed by atoms with Crippen molar-refractivity contribution in [1.82, 2.24) is 9.80 Å². The molecule has 0 aliphatic carbocycles. The Bertz CT molecular complexity index is 296. The van der Waals surface area contributed by atoms with Gasteiger partial charge in [0, 0.05) is 25.2 Å². The molecule has 0 aromatic rings. The van der Waals surface area contributed by atoms with Crippen LogP contribution in [0.4, 0.5) is 0 Å². The first-order valence-corrected chi connectivity index (χ1v) is 7.38. The SMILES string of the molecule is CC(N)C(C)C(=O)N1CCCC1CN1CCCC1.Cl.Cl. The molecule has 0 radical (unpaired) electrons. The molecule has 0 aromatic heterocycles. The molecule has 2 aliphatic rings. The molecule has 1 amide bonds. The second-order valence-electron chi connectivity index (χ2n) is 5.98. The van der Waals surface area contributed by atoms with Gasteiger partial charge in [-0.05, 0) is 45.7 Å². The molecule has 0 aromatic carbocycles. The van der Waals surface area contributed by atoms with Crippen molar-refractivity contribution < 1.29 is 4.79 Å². The second-order valence-corrected chi connectivity index (χ2v) is 5.98. The van der Waals surface area contributed by atoms with Crippen molar-refractivity contribution in [3.05, 3.63) is 0 Å². The van der Waals surface area contributed by atoms with Crippen LogP contribution in [0.15, 0.2) is 0 Å². The quantitative estimate of drug-likeness (QED) is 0.858. The van der Waals surface area contributed by atoms with Crippen LogP contribution in [0.1, 0.15) is 39.5 Å². The molecule has 0 saturated carbocycles. The van der Waals surface area contributed by atoms with Crippen molar-refractivity contribution in [3.8, 4) is 0 Å². The van der Waals surface area contributed by atoms with Crippen LogP contribution in [0, 0.1) is 5.92 Å². The molecular formula is C14H29Cl2N3O. The summed E-state index contributed by atoms with van der Waals surface area (Å²) in [6, 6.07) is 0.377. The third-order valence-corrected chi connectivity index (χ3v) is 4.51. The Hall–Kier alpha value is -0.0300. The summed E-state index contributed by atoms with van der Waals surface area (Å²) in [5.41, 5.74) is 5.86. The van der Waals surface area contributed by atoms with Crippen molar-refractivity contribution in [2.75, 3.05) is 26.2 Å². The Labute approximate surface area is 135 Å². The molecule has 2 saturated heterocycles. The monoisotopic (exact) mass is 325 g/mol. The number of hydrogen-bond donors (Lipinski definition) is 1. The van der Waals surface area contributed by atoms with Crippen LogP contribution in [0.3, 0.4) is 0 Å². The normalized spacial score (nSPS) is 25.8. The fourth-order valence-corrected chi connectivity index (χ4v) is 3.07. The number of carbonyl (C=O) groups is 1. The van der Waals surface area contributed by atoms with E-state index < -0.39 is 0 Å². The summed E-state index contributed by atoms with van der Waals surface area (Å²) in [7, 11) is 0. The highest BCUT2D eigenvalue weighted by Gasteiger charge is 2.33. The van der Waals surface area contributed by atoms with Crippen molar-refractivity contribution in [1.29, 1.82) is 0 Å². The van der Waals surface area contributed by atoms with Crippen LogP contribution < -0.4 is 5.73 Å². The number of likely N-dealkylation sites (tertiary alicyclic amines) is 2. The van der Waals surface area contributed by atoms with Gasteiger partial charge in [0.15, 0.2) is 0 Å². The highest BCUT2D eigenvalue weighted by molar-refractivity contribution is 5.85. The lowest BCUT2D eigenvalue weighted by molar-refractivity contribution is -0.136. The fraction of sp³-hybridized carbons (Fsp3) is 0.929. The van der Waals surface area contributed by atoms with Gasteiger partial charge in [0.05, 0.1) is 5.92 Å². The minimum absolute atomic E-state index is 0. The second kappa shape index (κ2) is 9.08. The van der Waals surface area contributed by atoms with Crippen LogP contribution in [-0.2, 0) is 4.79 Å². The lowest BCUT2D eigenvalue weighted by atomic mass is 10.0. The Balaban J connectivity index is 0.00000180. The summed E-state index contributed by atoms with van der Waals surface area (Å²) in [5.74, 6) is 0.205. The zero-order valence-electron chi connectivity index (χ0n) is 12.6. The molecule has 120 valence electrons. The van der Waals surface area contributed by atoms with Crippen molar-refractivity contribution in [2.24, 2.45) is 11.7 Å². The molecule has 3 atom stereocenters. The first-order valence-electron chi connectivity index (χ1n) is 7.38. The van der Waals surface area contributed by atoms with E-state index in [2.05, 4.69) is 9.80 Å². The minimum atomic E-state index is -0.0517. The van der Waals surface area contributed by atoms with Gasteiger partial charge in [-0.15, -0.1) is 24.8 Å². The predicted octanol–water partition coefficient (Wildman–Crippen LogP) is 1.90. The molecule has 20 heavy (non-hydrogen) atoms. The van der Waals surface area contributed by atoms with Crippen molar-refractivity contribution >= 4 is 30.7 Å². The van der Waals surface area contributed by atoms with E-state index in [9.17, 15) is 4.79 Å². The Kier molecular flexibility index (Phi) is 9.07. The van der Waals surface area contributed by atoms with E-state index in [1.165, 1.54) is 25.9 Å². The number of rotatable bonds is 4. The number of carbonyl (C=O) groups excluding carboxylic acids is 1. The average Bonchev–Trinajstić information content (AvgIpc) is 2.99. The summed E-state index contributed by atoms with van der Waals surface area (Å²) in [5, 5.41) is 0. The van der Waals surface area contributed by atoms with Gasteiger partial charge in [-0.25, -0.2) is 0 Å². The highest BCUT2D eigenvalue weighted by Crippen LogP contribution is 2.22. The molecule has 0 spiro atoms. The van der Waals surface area contributed by atoms with Crippen molar-refractivity contribution in [3.63, 3.8) is 0 Å². The van der Waals surface area contributed by atoms with Gasteiger partial charge in [-0.1, -0.05) is 6.92 Å². The van der Waals surface area contributed by atoms with Crippen LogP contribution in [0.25, 0.3) is 0 Å². The Morgan fingerprint density at radius 2 is 1.75 bits per heavy atom. The molecule has 2 fully saturated rings. The predicted molar refractivity (Wildman–Crippen MR) is 87.7 cm³/mol. The third-order valence-electron chi connectivity index (χ3n) is 4.51. The van der Waals surface area contributed by atoms with Crippen LogP contribution >= 0.6 is 24.8 Å². The van der Waals surface area contributed by atoms with E-state index in [1.54, 1.807) is 0 Å². The van der Waals surface area contributed by atoms with Crippen LogP contribution in [-0.4, -0.2) is 54.0 Å². The van der Waals surface area contributed by atoms with E-state index in [0.717, 1.165) is 25.9 Å². The summed E-state index contributed by atoms with van der Waals surface area (Å²) < 4.78 is 0. The maximum atomic E-state index is 12.4. The van der Waals surface area contributed by atoms with Gasteiger partial charge < -0.3 is 15.5 Å². The number of amides is 1. The first kappa shape index (κ1) is 20.0. The molecule has 0 bridgehead atoms. The Morgan fingerprint density at radius 3 is 2.30 bits per heavy atom. The number of halogens is 2. The van der Waals surface area contributed by atoms with Gasteiger partial charge in [0.1, 0.15) is 0 Å². The zero-order chi connectivity index (χ0) is 13.1. The zero-order valence-corrected chi connectivity index (χ0v) is 14.2. The molecule has 4 nitrogen and oxygen atoms in total. The number of hydrogen-bond acceptors (Lipinski definition) is 3. The van der Waals surface area contributed by atoms with Gasteiger partial charge in [0.2, 0.25) is 5.91 Å². The van der Waals surface area contributed by atoms with Gasteiger partial charge in [0.25, 0.3) is 0 Å². The van der Waals surface area contributed by atoms with Crippen molar-refractivity contribution in [2.45, 2.75) is 51.6 Å². The topological polar surface area (TPSA) is 49.6 Å². The van der Waals surface area contributed by atoms with Gasteiger partial charge >= 0.3 is 0 Å². The molecule has 2 aliphatic heterocycles. The lowest BCUT2D eigenvalue weighted by Gasteiger charge is -2.31. The summed E-state index contributed by atoms with van der Waals surface area (Å²) in [6.45, 7) is 8.29. The molecular weight excluding hydrogens is 297 g/mol. The van der Waals surface area contributed by atoms with E-state index in [4.69, 9.17) is 5.73 Å². The molecule has 2 heterocycles.